The van der Waals surface area contributed by atoms with Gasteiger partial charge in [-0.25, -0.2) is 4.98 Å². The molecule has 0 bridgehead atoms. The third-order valence-corrected chi connectivity index (χ3v) is 4.63. The summed E-state index contributed by atoms with van der Waals surface area (Å²) in [5.74, 6) is 1.64. The Morgan fingerprint density at radius 2 is 1.93 bits per heavy atom. The number of nitrogens with one attached hydrogen (secondary N) is 1. The molecule has 0 atom stereocenters. The highest BCUT2D eigenvalue weighted by atomic mass is 35.5. The van der Waals surface area contributed by atoms with Gasteiger partial charge in [0.05, 0.1) is 12.6 Å². The van der Waals surface area contributed by atoms with E-state index in [0.717, 1.165) is 39.2 Å². The molecule has 0 spiro atoms. The summed E-state index contributed by atoms with van der Waals surface area (Å²) in [6.45, 7) is 0.614. The highest BCUT2D eigenvalue weighted by molar-refractivity contribution is 6.31. The molecule has 4 rings (SSSR count). The van der Waals surface area contributed by atoms with Gasteiger partial charge < -0.3 is 10.1 Å². The van der Waals surface area contributed by atoms with E-state index in [1.165, 1.54) is 0 Å². The second kappa shape index (κ2) is 7.64. The molecule has 1 N–H and O–H groups in total. The number of hydrogen-bond donors (Lipinski definition) is 1. The first-order chi connectivity index (χ1) is 13.2. The van der Waals surface area contributed by atoms with Crippen LogP contribution in [0.5, 0.6) is 5.75 Å². The summed E-state index contributed by atoms with van der Waals surface area (Å²) in [7, 11) is 1.68. The number of nitrogens with zero attached hydrogens (tertiary/aromatic N) is 2. The van der Waals surface area contributed by atoms with Crippen LogP contribution in [0.15, 0.2) is 73.1 Å². The first-order valence-electron chi connectivity index (χ1n) is 8.61. The van der Waals surface area contributed by atoms with Crippen molar-refractivity contribution in [3.8, 4) is 16.9 Å². The summed E-state index contributed by atoms with van der Waals surface area (Å²) in [5, 5.41) is 5.09. The Morgan fingerprint density at radius 1 is 1.04 bits per heavy atom. The van der Waals surface area contributed by atoms with Gasteiger partial charge in [0, 0.05) is 40.5 Å². The van der Waals surface area contributed by atoms with Crippen molar-refractivity contribution in [2.45, 2.75) is 6.54 Å². The zero-order chi connectivity index (χ0) is 18.6. The van der Waals surface area contributed by atoms with Gasteiger partial charge in [-0.05, 0) is 42.0 Å². The Kier molecular flexibility index (Phi) is 4.90. The number of methoxy groups -OCH3 is 1. The van der Waals surface area contributed by atoms with Crippen LogP contribution in [0, 0.1) is 0 Å². The molecule has 0 aliphatic rings. The molecule has 0 fully saturated rings. The fourth-order valence-corrected chi connectivity index (χ4v) is 3.26. The summed E-state index contributed by atoms with van der Waals surface area (Å²) in [4.78, 5) is 8.99. The van der Waals surface area contributed by atoms with E-state index in [1.54, 1.807) is 13.3 Å². The van der Waals surface area contributed by atoms with Gasteiger partial charge in [-0.3, -0.25) is 4.98 Å². The molecule has 27 heavy (non-hydrogen) atoms. The van der Waals surface area contributed by atoms with Crippen molar-refractivity contribution in [1.82, 2.24) is 9.97 Å². The van der Waals surface area contributed by atoms with Crippen LogP contribution in [0.4, 0.5) is 5.82 Å². The topological polar surface area (TPSA) is 47.0 Å². The van der Waals surface area contributed by atoms with Crippen molar-refractivity contribution >= 4 is 28.3 Å². The van der Waals surface area contributed by atoms with Gasteiger partial charge in [-0.15, -0.1) is 0 Å². The van der Waals surface area contributed by atoms with Crippen molar-refractivity contribution in [2.24, 2.45) is 0 Å². The molecule has 0 aliphatic heterocycles. The predicted octanol–water partition coefficient (Wildman–Crippen LogP) is 5.57. The lowest BCUT2D eigenvalue weighted by atomic mass is 10.0. The highest BCUT2D eigenvalue weighted by Crippen LogP contribution is 2.32. The third-order valence-electron chi connectivity index (χ3n) is 4.40. The second-order valence-electron chi connectivity index (χ2n) is 6.12. The van der Waals surface area contributed by atoms with Crippen LogP contribution in [0.2, 0.25) is 5.02 Å². The Hall–Kier alpha value is -3.11. The van der Waals surface area contributed by atoms with E-state index in [0.29, 0.717) is 11.6 Å². The Balaban J connectivity index is 1.74. The van der Waals surface area contributed by atoms with Gasteiger partial charge in [-0.2, -0.15) is 0 Å². The molecule has 0 unspecified atom stereocenters. The number of hydrogen-bond acceptors (Lipinski definition) is 4. The molecule has 134 valence electrons. The molecule has 0 amide bonds. The minimum atomic E-state index is 0.614. The van der Waals surface area contributed by atoms with E-state index in [9.17, 15) is 0 Å². The normalized spacial score (nSPS) is 10.7. The Bertz CT molecular complexity index is 1080. The number of fused-ring (bicyclic) bond motifs is 1. The van der Waals surface area contributed by atoms with Crippen molar-refractivity contribution < 1.29 is 4.74 Å². The van der Waals surface area contributed by atoms with Crippen LogP contribution in [-0.2, 0) is 6.54 Å². The maximum absolute atomic E-state index is 6.22. The first-order valence-corrected chi connectivity index (χ1v) is 8.99. The van der Waals surface area contributed by atoms with Gasteiger partial charge in [0.15, 0.2) is 0 Å². The average molecular weight is 376 g/mol. The second-order valence-corrected chi connectivity index (χ2v) is 6.56. The van der Waals surface area contributed by atoms with Crippen LogP contribution in [0.25, 0.3) is 22.0 Å². The summed E-state index contributed by atoms with van der Waals surface area (Å²) >= 11 is 6.22. The molecule has 2 aromatic heterocycles. The van der Waals surface area contributed by atoms with Crippen LogP contribution >= 0.6 is 11.6 Å². The van der Waals surface area contributed by atoms with E-state index in [1.807, 2.05) is 66.9 Å². The number of aromatic nitrogens is 2. The standard InChI is InChI=1S/C22H18ClN3O/c1-27-21-7-3-2-5-16(21)14-25-22-12-18(15-6-4-10-24-13-15)19-11-17(23)8-9-20(19)26-22/h2-13H,14H2,1H3,(H,25,26). The molecular weight excluding hydrogens is 358 g/mol. The van der Waals surface area contributed by atoms with E-state index < -0.39 is 0 Å². The largest absolute Gasteiger partial charge is 0.496 e. The molecule has 2 aromatic carbocycles. The molecule has 4 aromatic rings. The maximum Gasteiger partial charge on any atom is 0.127 e. The summed E-state index contributed by atoms with van der Waals surface area (Å²) in [6.07, 6.45) is 3.61. The molecular formula is C22H18ClN3O. The van der Waals surface area contributed by atoms with Gasteiger partial charge in [0.1, 0.15) is 11.6 Å². The minimum absolute atomic E-state index is 0.614. The number of rotatable bonds is 5. The van der Waals surface area contributed by atoms with Crippen molar-refractivity contribution in [3.05, 3.63) is 83.6 Å². The molecule has 5 heteroatoms. The molecule has 4 nitrogen and oxygen atoms in total. The lowest BCUT2D eigenvalue weighted by molar-refractivity contribution is 0.410. The van der Waals surface area contributed by atoms with Gasteiger partial charge in [-0.1, -0.05) is 35.9 Å². The molecule has 0 saturated carbocycles. The highest BCUT2D eigenvalue weighted by Gasteiger charge is 2.10. The van der Waals surface area contributed by atoms with Gasteiger partial charge in [0.2, 0.25) is 0 Å². The van der Waals surface area contributed by atoms with Crippen LogP contribution in [0.3, 0.4) is 0 Å². The summed E-state index contributed by atoms with van der Waals surface area (Å²) < 4.78 is 5.43. The number of halogens is 1. The Labute approximate surface area is 162 Å². The number of pyridine rings is 2. The number of benzene rings is 2. The van der Waals surface area contributed by atoms with Gasteiger partial charge in [0.25, 0.3) is 0 Å². The Morgan fingerprint density at radius 3 is 2.74 bits per heavy atom. The number of para-hydroxylation sites is 1. The fourth-order valence-electron chi connectivity index (χ4n) is 3.08. The fraction of sp³-hybridized carbons (Fsp3) is 0.0909. The van der Waals surface area contributed by atoms with Crippen LogP contribution in [0.1, 0.15) is 5.56 Å². The predicted molar refractivity (Wildman–Crippen MR) is 110 cm³/mol. The van der Waals surface area contributed by atoms with Crippen molar-refractivity contribution in [2.75, 3.05) is 12.4 Å². The molecule has 0 saturated heterocycles. The SMILES string of the molecule is COc1ccccc1CNc1cc(-c2cccnc2)c2cc(Cl)ccc2n1. The zero-order valence-electron chi connectivity index (χ0n) is 14.8. The van der Waals surface area contributed by atoms with Crippen LogP contribution < -0.4 is 10.1 Å². The van der Waals surface area contributed by atoms with Crippen LogP contribution in [-0.4, -0.2) is 17.1 Å². The van der Waals surface area contributed by atoms with E-state index in [-0.39, 0.29) is 0 Å². The summed E-state index contributed by atoms with van der Waals surface area (Å²) in [6, 6.07) is 19.7. The van der Waals surface area contributed by atoms with E-state index in [2.05, 4.69) is 10.3 Å². The smallest absolute Gasteiger partial charge is 0.127 e. The minimum Gasteiger partial charge on any atom is -0.496 e. The third kappa shape index (κ3) is 3.71. The van der Waals surface area contributed by atoms with E-state index >= 15 is 0 Å². The lowest BCUT2D eigenvalue weighted by Gasteiger charge is -2.13. The molecule has 0 radical (unpaired) electrons. The zero-order valence-corrected chi connectivity index (χ0v) is 15.6. The quantitative estimate of drug-likeness (QED) is 0.495. The van der Waals surface area contributed by atoms with Crippen molar-refractivity contribution in [1.29, 1.82) is 0 Å². The first kappa shape index (κ1) is 17.3. The van der Waals surface area contributed by atoms with Crippen molar-refractivity contribution in [3.63, 3.8) is 0 Å². The summed E-state index contributed by atoms with van der Waals surface area (Å²) in [5.41, 5.74) is 4.01. The number of ether oxygens (including phenoxy) is 1. The monoisotopic (exact) mass is 375 g/mol. The number of anilines is 1. The maximum atomic E-state index is 6.22. The molecule has 2 heterocycles. The average Bonchev–Trinajstić information content (AvgIpc) is 2.72. The molecule has 0 aliphatic carbocycles. The van der Waals surface area contributed by atoms with E-state index in [4.69, 9.17) is 21.3 Å². The van der Waals surface area contributed by atoms with Gasteiger partial charge >= 0.3 is 0 Å². The lowest BCUT2D eigenvalue weighted by Crippen LogP contribution is -2.03.